The van der Waals surface area contributed by atoms with E-state index in [1.807, 2.05) is 25.1 Å². The minimum atomic E-state index is -0.998. The van der Waals surface area contributed by atoms with Crippen molar-refractivity contribution in [3.8, 4) is 0 Å². The van der Waals surface area contributed by atoms with Crippen molar-refractivity contribution >= 4 is 27.7 Å². The van der Waals surface area contributed by atoms with E-state index >= 15 is 0 Å². The molecule has 1 aromatic rings. The Kier molecular flexibility index (Phi) is 2.94. The van der Waals surface area contributed by atoms with Gasteiger partial charge in [0.05, 0.1) is 11.2 Å². The van der Waals surface area contributed by atoms with E-state index in [0.717, 1.165) is 10.0 Å². The normalized spacial score (nSPS) is 23.1. The molecule has 0 aromatic heterocycles. The number of amides is 1. The van der Waals surface area contributed by atoms with Crippen LogP contribution in [0.15, 0.2) is 22.7 Å². The minimum Gasteiger partial charge on any atom is -0.464 e. The van der Waals surface area contributed by atoms with Crippen LogP contribution in [0.1, 0.15) is 33.3 Å². The second-order valence-corrected chi connectivity index (χ2v) is 6.59. The molecule has 2 N–H and O–H groups in total. The first-order chi connectivity index (χ1) is 8.18. The van der Waals surface area contributed by atoms with Gasteiger partial charge in [-0.1, -0.05) is 42.8 Å². The number of halogens is 1. The van der Waals surface area contributed by atoms with Crippen molar-refractivity contribution in [2.75, 3.05) is 5.01 Å². The summed E-state index contributed by atoms with van der Waals surface area (Å²) in [4.78, 5) is 11.3. The van der Waals surface area contributed by atoms with Crippen molar-refractivity contribution in [1.82, 2.24) is 5.43 Å². The molecule has 98 valence electrons. The highest BCUT2D eigenvalue weighted by atomic mass is 79.9. The van der Waals surface area contributed by atoms with Gasteiger partial charge in [-0.3, -0.25) is 0 Å². The van der Waals surface area contributed by atoms with Gasteiger partial charge in [-0.25, -0.2) is 15.2 Å². The summed E-state index contributed by atoms with van der Waals surface area (Å²) in [7, 11) is 0. The van der Waals surface area contributed by atoms with E-state index in [-0.39, 0.29) is 5.41 Å². The van der Waals surface area contributed by atoms with Crippen molar-refractivity contribution < 1.29 is 9.90 Å². The molecule has 1 amide bonds. The van der Waals surface area contributed by atoms with E-state index in [1.165, 1.54) is 5.01 Å². The van der Waals surface area contributed by atoms with Crippen LogP contribution in [0, 0.1) is 5.41 Å². The van der Waals surface area contributed by atoms with Crippen LogP contribution in [0.4, 0.5) is 10.5 Å². The molecule has 18 heavy (non-hydrogen) atoms. The van der Waals surface area contributed by atoms with Gasteiger partial charge < -0.3 is 5.11 Å². The number of benzene rings is 1. The molecule has 1 heterocycles. The van der Waals surface area contributed by atoms with Gasteiger partial charge in [0.15, 0.2) is 0 Å². The van der Waals surface area contributed by atoms with E-state index < -0.39 is 11.6 Å². The summed E-state index contributed by atoms with van der Waals surface area (Å²) in [6.07, 6.45) is -0.998. The van der Waals surface area contributed by atoms with Crippen molar-refractivity contribution in [2.24, 2.45) is 5.41 Å². The number of nitrogens with zero attached hydrogens (tertiary/aromatic N) is 1. The van der Waals surface area contributed by atoms with Gasteiger partial charge in [0, 0.05) is 10.0 Å². The summed E-state index contributed by atoms with van der Waals surface area (Å²) in [6.45, 7) is 8.30. The van der Waals surface area contributed by atoms with Gasteiger partial charge in [0.25, 0.3) is 0 Å². The molecule has 1 aliphatic rings. The summed E-state index contributed by atoms with van der Waals surface area (Å²) in [6, 6.07) is 5.60. The van der Waals surface area contributed by atoms with Crippen molar-refractivity contribution in [3.05, 3.63) is 28.2 Å². The number of fused-ring (bicyclic) bond motifs is 1. The topological polar surface area (TPSA) is 52.6 Å². The average molecular weight is 313 g/mol. The highest BCUT2D eigenvalue weighted by Gasteiger charge is 2.49. The van der Waals surface area contributed by atoms with Crippen LogP contribution < -0.4 is 10.4 Å². The van der Waals surface area contributed by atoms with Crippen LogP contribution in [0.3, 0.4) is 0 Å². The highest BCUT2D eigenvalue weighted by Crippen LogP contribution is 2.50. The van der Waals surface area contributed by atoms with Gasteiger partial charge in [-0.2, -0.15) is 0 Å². The van der Waals surface area contributed by atoms with Crippen LogP contribution in [0.2, 0.25) is 0 Å². The zero-order valence-electron chi connectivity index (χ0n) is 10.9. The number of hydrogen-bond donors (Lipinski definition) is 2. The van der Waals surface area contributed by atoms with E-state index in [2.05, 4.69) is 42.1 Å². The van der Waals surface area contributed by atoms with Crippen LogP contribution in [-0.4, -0.2) is 11.2 Å². The van der Waals surface area contributed by atoms with Crippen LogP contribution >= 0.6 is 15.9 Å². The van der Waals surface area contributed by atoms with E-state index in [0.29, 0.717) is 5.69 Å². The largest absolute Gasteiger partial charge is 0.464 e. The average Bonchev–Trinajstić information content (AvgIpc) is 2.54. The quantitative estimate of drug-likeness (QED) is 0.767. The Balaban J connectivity index is 2.69. The number of nitrogens with one attached hydrogen (secondary N) is 1. The summed E-state index contributed by atoms with van der Waals surface area (Å²) < 4.78 is 0.925. The standard InChI is InChI=1S/C13H17BrN2O2/c1-12(2,3)13(4)10-8(14)6-5-7-9(10)16(15-13)11(17)18/h5-7,15H,1-4H3,(H,17,18). The van der Waals surface area contributed by atoms with Crippen LogP contribution in [0.25, 0.3) is 0 Å². The van der Waals surface area contributed by atoms with Crippen LogP contribution in [-0.2, 0) is 5.54 Å². The SMILES string of the molecule is CC(C)(C)C1(C)NN(C(=O)O)c2cccc(Br)c21. The molecule has 0 aliphatic carbocycles. The number of carboxylic acid groups (broad SMARTS) is 1. The van der Waals surface area contributed by atoms with E-state index in [1.54, 1.807) is 0 Å². The number of carbonyl (C=O) groups is 1. The summed E-state index contributed by atoms with van der Waals surface area (Å²) >= 11 is 3.53. The number of anilines is 1. The first-order valence-electron chi connectivity index (χ1n) is 5.78. The molecule has 5 heteroatoms. The molecule has 0 saturated heterocycles. The predicted molar refractivity (Wildman–Crippen MR) is 74.6 cm³/mol. The lowest BCUT2D eigenvalue weighted by molar-refractivity contribution is 0.155. The third-order valence-electron chi connectivity index (χ3n) is 3.76. The molecule has 1 aliphatic heterocycles. The second kappa shape index (κ2) is 3.96. The highest BCUT2D eigenvalue weighted by molar-refractivity contribution is 9.10. The Morgan fingerprint density at radius 1 is 1.44 bits per heavy atom. The van der Waals surface area contributed by atoms with Crippen molar-refractivity contribution in [3.63, 3.8) is 0 Å². The molecule has 1 unspecified atom stereocenters. The van der Waals surface area contributed by atoms with Gasteiger partial charge in [0.2, 0.25) is 0 Å². The summed E-state index contributed by atoms with van der Waals surface area (Å²) in [5.74, 6) is 0. The fourth-order valence-corrected chi connectivity index (χ4v) is 2.98. The molecule has 0 saturated carbocycles. The molecule has 1 atom stereocenters. The Labute approximate surface area is 115 Å². The molecule has 0 bridgehead atoms. The molecule has 0 fully saturated rings. The van der Waals surface area contributed by atoms with Gasteiger partial charge in [-0.05, 0) is 24.5 Å². The zero-order chi connectivity index (χ0) is 13.7. The smallest absolute Gasteiger partial charge is 0.426 e. The summed E-state index contributed by atoms with van der Waals surface area (Å²) in [5.41, 5.74) is 4.22. The van der Waals surface area contributed by atoms with Gasteiger partial charge >= 0.3 is 6.09 Å². The maximum absolute atomic E-state index is 11.3. The van der Waals surface area contributed by atoms with Crippen molar-refractivity contribution in [2.45, 2.75) is 33.2 Å². The fraction of sp³-hybridized carbons (Fsp3) is 0.462. The molecule has 4 nitrogen and oxygen atoms in total. The molecule has 0 spiro atoms. The Morgan fingerprint density at radius 2 is 2.06 bits per heavy atom. The Hall–Kier alpha value is -1.07. The maximum Gasteiger partial charge on any atom is 0.426 e. The zero-order valence-corrected chi connectivity index (χ0v) is 12.5. The minimum absolute atomic E-state index is 0.129. The van der Waals surface area contributed by atoms with E-state index in [9.17, 15) is 9.90 Å². The summed E-state index contributed by atoms with van der Waals surface area (Å²) in [5, 5.41) is 10.5. The lowest BCUT2D eigenvalue weighted by atomic mass is 9.71. The predicted octanol–water partition coefficient (Wildman–Crippen LogP) is 3.71. The Bertz CT molecular complexity index is 510. The second-order valence-electron chi connectivity index (χ2n) is 5.74. The van der Waals surface area contributed by atoms with E-state index in [4.69, 9.17) is 0 Å². The number of hydrazine groups is 1. The molecule has 2 rings (SSSR count). The first-order valence-corrected chi connectivity index (χ1v) is 6.57. The maximum atomic E-state index is 11.3. The third-order valence-corrected chi connectivity index (χ3v) is 4.42. The number of rotatable bonds is 0. The van der Waals surface area contributed by atoms with Gasteiger partial charge in [0.1, 0.15) is 0 Å². The monoisotopic (exact) mass is 312 g/mol. The van der Waals surface area contributed by atoms with Crippen LogP contribution in [0.5, 0.6) is 0 Å². The Morgan fingerprint density at radius 3 is 2.56 bits per heavy atom. The molecule has 0 radical (unpaired) electrons. The van der Waals surface area contributed by atoms with Gasteiger partial charge in [-0.15, -0.1) is 0 Å². The lowest BCUT2D eigenvalue weighted by Gasteiger charge is -2.39. The fourth-order valence-electron chi connectivity index (χ4n) is 2.23. The first kappa shape index (κ1) is 13.4. The van der Waals surface area contributed by atoms with Crippen molar-refractivity contribution in [1.29, 1.82) is 0 Å². The number of hydrogen-bond acceptors (Lipinski definition) is 2. The third kappa shape index (κ3) is 1.73. The molecular weight excluding hydrogens is 296 g/mol. The lowest BCUT2D eigenvalue weighted by Crippen LogP contribution is -2.53. The molecular formula is C13H17BrN2O2. The molecule has 1 aromatic carbocycles.